The molecule has 0 radical (unpaired) electrons. The predicted octanol–water partition coefficient (Wildman–Crippen LogP) is -0.517. The van der Waals surface area contributed by atoms with Crippen LogP contribution in [0.3, 0.4) is 0 Å². The van der Waals surface area contributed by atoms with Crippen molar-refractivity contribution in [3.63, 3.8) is 0 Å². The fourth-order valence-corrected chi connectivity index (χ4v) is 2.98. The van der Waals surface area contributed by atoms with Crippen LogP contribution in [0.25, 0.3) is 0 Å². The van der Waals surface area contributed by atoms with Gasteiger partial charge in [-0.2, -0.15) is 0 Å². The van der Waals surface area contributed by atoms with Gasteiger partial charge in [0, 0.05) is 13.5 Å². The van der Waals surface area contributed by atoms with E-state index in [0.717, 1.165) is 0 Å². The van der Waals surface area contributed by atoms with Gasteiger partial charge in [0.05, 0.1) is 12.8 Å². The zero-order valence-corrected chi connectivity index (χ0v) is 9.65. The highest BCUT2D eigenvalue weighted by Gasteiger charge is 2.47. The number of hydrogen-bond acceptors (Lipinski definition) is 6. The van der Waals surface area contributed by atoms with Crippen molar-refractivity contribution in [2.45, 2.75) is 36.2 Å². The number of alkyl halides is 1. The molecule has 0 bridgehead atoms. The van der Waals surface area contributed by atoms with Gasteiger partial charge in [0.25, 0.3) is 0 Å². The molecule has 0 aromatic carbocycles. The van der Waals surface area contributed by atoms with Crippen LogP contribution in [-0.2, 0) is 4.74 Å². The molecule has 2 aliphatic rings. The molecule has 0 aliphatic carbocycles. The van der Waals surface area contributed by atoms with Crippen molar-refractivity contribution in [2.24, 2.45) is 4.99 Å². The first-order valence-electron chi connectivity index (χ1n) is 5.17. The second kappa shape index (κ2) is 4.87. The van der Waals surface area contributed by atoms with Crippen molar-refractivity contribution >= 4 is 16.9 Å². The van der Waals surface area contributed by atoms with Crippen LogP contribution in [0.1, 0.15) is 6.42 Å². The van der Waals surface area contributed by atoms with E-state index in [2.05, 4.69) is 10.3 Å². The minimum atomic E-state index is -1.07. The Hall–Kier alpha value is -0.370. The normalized spacial score (nSPS) is 42.8. The van der Waals surface area contributed by atoms with Gasteiger partial charge in [-0.05, 0) is 0 Å². The van der Waals surface area contributed by atoms with Crippen LogP contribution in [0, 0.1) is 0 Å². The van der Waals surface area contributed by atoms with Crippen LogP contribution >= 0.6 is 11.8 Å². The average Bonchev–Trinajstić information content (AvgIpc) is 2.69. The molecule has 5 nitrogen and oxygen atoms in total. The quantitative estimate of drug-likeness (QED) is 0.615. The van der Waals surface area contributed by atoms with Crippen LogP contribution in [0.4, 0.5) is 4.39 Å². The topological polar surface area (TPSA) is 74.1 Å². The number of rotatable bonds is 2. The van der Waals surface area contributed by atoms with Gasteiger partial charge < -0.3 is 20.3 Å². The molecule has 0 aromatic heterocycles. The molecule has 0 amide bonds. The number of nitrogens with one attached hydrogen (secondary N) is 1. The SMILES string of the molecule is CNC1=N[C@@H]2[C@@H](O)[C@H](O)[C@@H](CCF)O[C@@H]2S1. The van der Waals surface area contributed by atoms with E-state index in [1.807, 2.05) is 0 Å². The molecule has 2 rings (SSSR count). The smallest absolute Gasteiger partial charge is 0.159 e. The standard InChI is InChI=1S/C9H15FN2O3S/c1-11-9-12-5-7(14)6(13)4(2-3-10)15-8(5)16-9/h4-8,13-14H,2-3H2,1H3,(H,11,12)/t4-,5-,6-,7-,8-/m1/s1. The number of hydrogen-bond donors (Lipinski definition) is 3. The first-order chi connectivity index (χ1) is 7.67. The Morgan fingerprint density at radius 1 is 1.50 bits per heavy atom. The maximum Gasteiger partial charge on any atom is 0.159 e. The van der Waals surface area contributed by atoms with Crippen LogP contribution in [0.5, 0.6) is 0 Å². The maximum absolute atomic E-state index is 12.2. The Balaban J connectivity index is 2.08. The van der Waals surface area contributed by atoms with E-state index in [-0.39, 0.29) is 11.9 Å². The van der Waals surface area contributed by atoms with Crippen molar-refractivity contribution in [1.29, 1.82) is 0 Å². The summed E-state index contributed by atoms with van der Waals surface area (Å²) in [6.07, 6.45) is -2.62. The fraction of sp³-hybridized carbons (Fsp3) is 0.889. The highest BCUT2D eigenvalue weighted by atomic mass is 32.2. The number of thioether (sulfide) groups is 1. The Labute approximate surface area is 97.1 Å². The van der Waals surface area contributed by atoms with Crippen LogP contribution in [0.2, 0.25) is 0 Å². The third kappa shape index (κ3) is 2.04. The Morgan fingerprint density at radius 2 is 2.25 bits per heavy atom. The van der Waals surface area contributed by atoms with E-state index in [4.69, 9.17) is 4.74 Å². The molecular formula is C9H15FN2O3S. The minimum Gasteiger partial charge on any atom is -0.388 e. The van der Waals surface area contributed by atoms with Crippen molar-refractivity contribution < 1.29 is 19.3 Å². The van der Waals surface area contributed by atoms with Crippen molar-refractivity contribution in [2.75, 3.05) is 13.7 Å². The zero-order chi connectivity index (χ0) is 11.7. The number of aliphatic hydroxyl groups excluding tert-OH is 2. The Morgan fingerprint density at radius 3 is 2.88 bits per heavy atom. The van der Waals surface area contributed by atoms with E-state index in [9.17, 15) is 14.6 Å². The molecule has 2 aliphatic heterocycles. The van der Waals surface area contributed by atoms with Gasteiger partial charge in [0.15, 0.2) is 5.17 Å². The Kier molecular flexibility index (Phi) is 3.68. The largest absolute Gasteiger partial charge is 0.388 e. The van der Waals surface area contributed by atoms with Gasteiger partial charge >= 0.3 is 0 Å². The zero-order valence-electron chi connectivity index (χ0n) is 8.84. The lowest BCUT2D eigenvalue weighted by Gasteiger charge is -2.37. The molecule has 1 saturated heterocycles. The summed E-state index contributed by atoms with van der Waals surface area (Å²) < 4.78 is 17.8. The van der Waals surface area contributed by atoms with Crippen molar-refractivity contribution in [1.82, 2.24) is 5.32 Å². The molecule has 2 heterocycles. The third-order valence-electron chi connectivity index (χ3n) is 2.77. The monoisotopic (exact) mass is 250 g/mol. The van der Waals surface area contributed by atoms with E-state index in [1.54, 1.807) is 7.05 Å². The summed E-state index contributed by atoms with van der Waals surface area (Å²) in [5.74, 6) is 0. The lowest BCUT2D eigenvalue weighted by Crippen LogP contribution is -2.54. The average molecular weight is 250 g/mol. The van der Waals surface area contributed by atoms with Gasteiger partial charge in [-0.3, -0.25) is 9.38 Å². The molecule has 0 spiro atoms. The summed E-state index contributed by atoms with van der Waals surface area (Å²) in [5, 5.41) is 23.1. The van der Waals surface area contributed by atoms with E-state index >= 15 is 0 Å². The molecule has 0 saturated carbocycles. The van der Waals surface area contributed by atoms with Crippen LogP contribution in [0.15, 0.2) is 4.99 Å². The van der Waals surface area contributed by atoms with Crippen LogP contribution in [-0.4, -0.2) is 58.9 Å². The molecular weight excluding hydrogens is 235 g/mol. The van der Waals surface area contributed by atoms with Crippen molar-refractivity contribution in [3.05, 3.63) is 0 Å². The first-order valence-corrected chi connectivity index (χ1v) is 6.05. The van der Waals surface area contributed by atoms with E-state index < -0.39 is 31.0 Å². The molecule has 7 heteroatoms. The molecule has 0 unspecified atom stereocenters. The number of halogens is 1. The molecule has 92 valence electrons. The highest BCUT2D eigenvalue weighted by Crippen LogP contribution is 2.36. The highest BCUT2D eigenvalue weighted by molar-refractivity contribution is 8.14. The molecule has 0 aromatic rings. The number of amidine groups is 1. The van der Waals surface area contributed by atoms with Gasteiger partial charge in [-0.25, -0.2) is 0 Å². The predicted molar refractivity (Wildman–Crippen MR) is 59.1 cm³/mol. The minimum absolute atomic E-state index is 0.0941. The van der Waals surface area contributed by atoms with E-state index in [1.165, 1.54) is 11.8 Å². The summed E-state index contributed by atoms with van der Waals surface area (Å²) in [6, 6.07) is -0.474. The second-order valence-electron chi connectivity index (χ2n) is 3.79. The maximum atomic E-state index is 12.2. The molecule has 16 heavy (non-hydrogen) atoms. The van der Waals surface area contributed by atoms with Gasteiger partial charge in [0.1, 0.15) is 23.7 Å². The lowest BCUT2D eigenvalue weighted by molar-refractivity contribution is -0.155. The van der Waals surface area contributed by atoms with Crippen LogP contribution < -0.4 is 5.32 Å². The molecule has 3 N–H and O–H groups in total. The van der Waals surface area contributed by atoms with Gasteiger partial charge in [-0.15, -0.1) is 0 Å². The van der Waals surface area contributed by atoms with Gasteiger partial charge in [0.2, 0.25) is 0 Å². The molecule has 1 fully saturated rings. The summed E-state index contributed by atoms with van der Waals surface area (Å²) in [5.41, 5.74) is -0.336. The number of fused-ring (bicyclic) bond motifs is 1. The lowest BCUT2D eigenvalue weighted by atomic mass is 9.97. The number of nitrogens with zero attached hydrogens (tertiary/aromatic N) is 1. The summed E-state index contributed by atoms with van der Waals surface area (Å²) in [7, 11) is 1.73. The summed E-state index contributed by atoms with van der Waals surface area (Å²) in [4.78, 5) is 4.19. The third-order valence-corrected chi connectivity index (χ3v) is 3.93. The van der Waals surface area contributed by atoms with Crippen molar-refractivity contribution in [3.8, 4) is 0 Å². The van der Waals surface area contributed by atoms with Gasteiger partial charge in [-0.1, -0.05) is 11.8 Å². The first kappa shape index (κ1) is 12.1. The number of aliphatic imine (C=N–C) groups is 1. The Bertz CT molecular complexity index is 292. The van der Waals surface area contributed by atoms with E-state index in [0.29, 0.717) is 5.17 Å². The molecule has 5 atom stereocenters. The summed E-state index contributed by atoms with van der Waals surface area (Å²) in [6.45, 7) is -0.573. The number of ether oxygens (including phenoxy) is 1. The number of aliphatic hydroxyl groups is 2. The fourth-order valence-electron chi connectivity index (χ4n) is 1.90. The second-order valence-corrected chi connectivity index (χ2v) is 4.88. The summed E-state index contributed by atoms with van der Waals surface area (Å²) >= 11 is 1.35.